The van der Waals surface area contributed by atoms with Crippen molar-refractivity contribution in [1.82, 2.24) is 5.32 Å². The number of carbonyl (C=O) groups excluding carboxylic acids is 1. The lowest BCUT2D eigenvalue weighted by molar-refractivity contribution is -0.120. The molecule has 0 aromatic rings. The van der Waals surface area contributed by atoms with Crippen LogP contribution in [0.25, 0.3) is 0 Å². The van der Waals surface area contributed by atoms with Gasteiger partial charge in [-0.05, 0) is 53.5 Å². The van der Waals surface area contributed by atoms with E-state index in [1.807, 2.05) is 0 Å². The first-order valence-corrected chi connectivity index (χ1v) is 8.23. The van der Waals surface area contributed by atoms with Crippen LogP contribution in [0.15, 0.2) is 0 Å². The predicted molar refractivity (Wildman–Crippen MR) is 87.8 cm³/mol. The van der Waals surface area contributed by atoms with E-state index in [1.165, 1.54) is 0 Å². The van der Waals surface area contributed by atoms with Crippen LogP contribution in [0, 0.1) is 0 Å². The highest BCUT2D eigenvalue weighted by atomic mass is 16.5. The van der Waals surface area contributed by atoms with Gasteiger partial charge < -0.3 is 19.6 Å². The van der Waals surface area contributed by atoms with E-state index in [-0.39, 0.29) is 17.0 Å². The number of carbonyl (C=O) groups is 1. The molecule has 4 nitrogen and oxygen atoms in total. The van der Waals surface area contributed by atoms with Crippen molar-refractivity contribution in [3.05, 3.63) is 0 Å². The number of ketones is 1. The quantitative estimate of drug-likeness (QED) is 0.530. The van der Waals surface area contributed by atoms with E-state index in [1.54, 1.807) is 6.92 Å². The van der Waals surface area contributed by atoms with Crippen LogP contribution in [0.1, 0.15) is 67.2 Å². The molecule has 1 unspecified atom stereocenters. The van der Waals surface area contributed by atoms with Crippen LogP contribution in [0.2, 0.25) is 0 Å². The normalized spacial score (nSPS) is 15.0. The van der Waals surface area contributed by atoms with E-state index in [4.69, 9.17) is 9.47 Å². The molecule has 0 aromatic heterocycles. The molecule has 0 aromatic carbocycles. The highest BCUT2D eigenvalue weighted by molar-refractivity contribution is 5.75. The van der Waals surface area contributed by atoms with E-state index >= 15 is 0 Å². The molecule has 126 valence electrons. The monoisotopic (exact) mass is 301 g/mol. The third kappa shape index (κ3) is 10.9. The Morgan fingerprint density at radius 2 is 1.71 bits per heavy atom. The van der Waals surface area contributed by atoms with Gasteiger partial charge in [0.2, 0.25) is 0 Å². The molecule has 0 rings (SSSR count). The molecule has 0 fully saturated rings. The first-order chi connectivity index (χ1) is 9.74. The molecule has 0 aliphatic carbocycles. The molecule has 4 heteroatoms. The topological polar surface area (TPSA) is 47.6 Å². The molecule has 1 atom stereocenters. The van der Waals surface area contributed by atoms with E-state index in [0.29, 0.717) is 13.0 Å². The van der Waals surface area contributed by atoms with Gasteiger partial charge in [-0.25, -0.2) is 0 Å². The van der Waals surface area contributed by atoms with E-state index in [9.17, 15) is 4.79 Å². The molecule has 0 bridgehead atoms. The summed E-state index contributed by atoms with van der Waals surface area (Å²) >= 11 is 0. The number of nitrogens with one attached hydrogen (secondary N) is 1. The van der Waals surface area contributed by atoms with Crippen LogP contribution in [-0.4, -0.2) is 43.3 Å². The van der Waals surface area contributed by atoms with Crippen LogP contribution < -0.4 is 5.32 Å². The van der Waals surface area contributed by atoms with Crippen molar-refractivity contribution in [2.75, 3.05) is 26.3 Å². The zero-order valence-corrected chi connectivity index (χ0v) is 14.9. The van der Waals surface area contributed by atoms with Gasteiger partial charge in [-0.1, -0.05) is 13.8 Å². The summed E-state index contributed by atoms with van der Waals surface area (Å²) in [4.78, 5) is 11.1. The van der Waals surface area contributed by atoms with Crippen molar-refractivity contribution in [2.24, 2.45) is 0 Å². The standard InChI is InChI=1S/C17H35NO3/c1-7-17(6,10-9-15(3)19)21-13-11-16(4,5)20-14-12-18-8-2/h18H,7-14H2,1-6H3. The Balaban J connectivity index is 4.03. The molecular formula is C17H35NO3. The summed E-state index contributed by atoms with van der Waals surface area (Å²) in [6.45, 7) is 15.4. The van der Waals surface area contributed by atoms with Gasteiger partial charge in [0, 0.05) is 13.0 Å². The second-order valence-corrected chi connectivity index (χ2v) is 6.57. The number of hydrogen-bond donors (Lipinski definition) is 1. The Labute approximate surface area is 131 Å². The van der Waals surface area contributed by atoms with Crippen LogP contribution in [-0.2, 0) is 14.3 Å². The summed E-state index contributed by atoms with van der Waals surface area (Å²) in [5.41, 5.74) is -0.379. The molecule has 0 spiro atoms. The lowest BCUT2D eigenvalue weighted by Crippen LogP contribution is -2.34. The smallest absolute Gasteiger partial charge is 0.129 e. The number of rotatable bonds is 13. The largest absolute Gasteiger partial charge is 0.375 e. The maximum atomic E-state index is 11.1. The summed E-state index contributed by atoms with van der Waals surface area (Å²) in [6.07, 6.45) is 3.16. The molecular weight excluding hydrogens is 266 g/mol. The molecule has 0 heterocycles. The first kappa shape index (κ1) is 20.6. The highest BCUT2D eigenvalue weighted by Gasteiger charge is 2.25. The third-order valence-corrected chi connectivity index (χ3v) is 3.93. The SMILES string of the molecule is CCNCCOC(C)(C)CCOC(C)(CC)CCC(C)=O. The van der Waals surface area contributed by atoms with Gasteiger partial charge in [0.1, 0.15) is 5.78 Å². The maximum absolute atomic E-state index is 11.1. The first-order valence-electron chi connectivity index (χ1n) is 8.23. The number of Topliss-reactive ketones (excluding diaryl/α,β-unsaturated/α-hetero) is 1. The predicted octanol–water partition coefficient (Wildman–Crippen LogP) is 3.34. The minimum atomic E-state index is -0.203. The van der Waals surface area contributed by atoms with Crippen molar-refractivity contribution in [1.29, 1.82) is 0 Å². The molecule has 0 saturated carbocycles. The Kier molecular flexibility index (Phi) is 10.1. The van der Waals surface area contributed by atoms with Crippen molar-refractivity contribution in [2.45, 2.75) is 78.4 Å². The second-order valence-electron chi connectivity index (χ2n) is 6.57. The van der Waals surface area contributed by atoms with Gasteiger partial charge in [-0.3, -0.25) is 0 Å². The summed E-state index contributed by atoms with van der Waals surface area (Å²) in [6, 6.07) is 0. The van der Waals surface area contributed by atoms with Crippen LogP contribution in [0.4, 0.5) is 0 Å². The fourth-order valence-electron chi connectivity index (χ4n) is 1.98. The van der Waals surface area contributed by atoms with Crippen LogP contribution in [0.5, 0.6) is 0 Å². The second kappa shape index (κ2) is 10.3. The zero-order valence-electron chi connectivity index (χ0n) is 14.9. The van der Waals surface area contributed by atoms with E-state index < -0.39 is 0 Å². The fraction of sp³-hybridized carbons (Fsp3) is 0.941. The zero-order chi connectivity index (χ0) is 16.4. The Morgan fingerprint density at radius 1 is 1.05 bits per heavy atom. The minimum Gasteiger partial charge on any atom is -0.375 e. The Bertz CT molecular complexity index is 292. The third-order valence-electron chi connectivity index (χ3n) is 3.93. The van der Waals surface area contributed by atoms with Crippen molar-refractivity contribution >= 4 is 5.78 Å². The summed E-state index contributed by atoms with van der Waals surface area (Å²) in [5.74, 6) is 0.227. The van der Waals surface area contributed by atoms with Gasteiger partial charge in [-0.15, -0.1) is 0 Å². The van der Waals surface area contributed by atoms with Crippen LogP contribution >= 0.6 is 0 Å². The average Bonchev–Trinajstić information content (AvgIpc) is 2.41. The number of hydrogen-bond acceptors (Lipinski definition) is 4. The molecule has 0 aliphatic heterocycles. The fourth-order valence-corrected chi connectivity index (χ4v) is 1.98. The summed E-state index contributed by atoms with van der Waals surface area (Å²) in [5, 5.41) is 3.25. The molecule has 0 saturated heterocycles. The Hall–Kier alpha value is -0.450. The van der Waals surface area contributed by atoms with Gasteiger partial charge in [-0.2, -0.15) is 0 Å². The summed E-state index contributed by atoms with van der Waals surface area (Å²) in [7, 11) is 0. The van der Waals surface area contributed by atoms with Crippen molar-refractivity contribution in [3.8, 4) is 0 Å². The molecule has 21 heavy (non-hydrogen) atoms. The number of ether oxygens (including phenoxy) is 2. The molecule has 0 amide bonds. The molecule has 0 aliphatic rings. The van der Waals surface area contributed by atoms with Gasteiger partial charge >= 0.3 is 0 Å². The van der Waals surface area contributed by atoms with Crippen LogP contribution in [0.3, 0.4) is 0 Å². The van der Waals surface area contributed by atoms with E-state index in [0.717, 1.165) is 39.0 Å². The maximum Gasteiger partial charge on any atom is 0.129 e. The number of likely N-dealkylation sites (N-methyl/N-ethyl adjacent to an activating group) is 1. The average molecular weight is 301 g/mol. The lowest BCUT2D eigenvalue weighted by atomic mass is 9.95. The highest BCUT2D eigenvalue weighted by Crippen LogP contribution is 2.24. The molecule has 1 N–H and O–H groups in total. The van der Waals surface area contributed by atoms with Gasteiger partial charge in [0.05, 0.1) is 24.4 Å². The summed E-state index contributed by atoms with van der Waals surface area (Å²) < 4.78 is 11.9. The molecule has 0 radical (unpaired) electrons. The van der Waals surface area contributed by atoms with E-state index in [2.05, 4.69) is 39.9 Å². The van der Waals surface area contributed by atoms with Gasteiger partial charge in [0.15, 0.2) is 0 Å². The van der Waals surface area contributed by atoms with Gasteiger partial charge in [0.25, 0.3) is 0 Å². The Morgan fingerprint density at radius 3 is 2.24 bits per heavy atom. The van der Waals surface area contributed by atoms with Crippen molar-refractivity contribution < 1.29 is 14.3 Å². The van der Waals surface area contributed by atoms with Crippen molar-refractivity contribution in [3.63, 3.8) is 0 Å². The minimum absolute atomic E-state index is 0.176. The lowest BCUT2D eigenvalue weighted by Gasteiger charge is -2.31.